The van der Waals surface area contributed by atoms with Crippen molar-refractivity contribution in [1.29, 1.82) is 0 Å². The minimum Gasteiger partial charge on any atom is -0.462 e. The Morgan fingerprint density at radius 1 is 0.614 bits per heavy atom. The fourth-order valence-electron chi connectivity index (χ4n) is 8.28. The molecule has 0 aliphatic heterocycles. The summed E-state index contributed by atoms with van der Waals surface area (Å²) >= 11 is 0. The molecule has 6 heteroatoms. The number of fused-ring (bicyclic) bond motifs is 5. The fraction of sp³-hybridized carbons (Fsp3) is 0.137. The van der Waals surface area contributed by atoms with Gasteiger partial charge < -0.3 is 18.3 Å². The van der Waals surface area contributed by atoms with Crippen molar-refractivity contribution in [3.05, 3.63) is 169 Å². The standard InChI is InChI=1S/C51H42N4O2/c1-32(2)40-27-36(34-16-7-6-8-17-34)28-41(33(3)4)49(40)55-44-22-11-10-21-43(44)52-51(55)35-18-15-19-37(26-35)56-38-29-42-39-20-9-14-25-48(39)57-50(42)47(30-38)54-31-53(5)45-23-12-13-24-46(45)54/h6-30,32-33H,1-5H3. The van der Waals surface area contributed by atoms with Crippen molar-refractivity contribution >= 4 is 44.0 Å². The zero-order chi connectivity index (χ0) is 38.8. The number of rotatable bonds is 8. The van der Waals surface area contributed by atoms with Crippen molar-refractivity contribution in [2.45, 2.75) is 39.5 Å². The van der Waals surface area contributed by atoms with Gasteiger partial charge >= 0.3 is 0 Å². The predicted octanol–water partition coefficient (Wildman–Crippen LogP) is 12.9. The third-order valence-electron chi connectivity index (χ3n) is 11.0. The molecule has 0 amide bonds. The maximum absolute atomic E-state index is 6.84. The molecule has 278 valence electrons. The van der Waals surface area contributed by atoms with Gasteiger partial charge in [0.15, 0.2) is 0 Å². The first-order valence-electron chi connectivity index (χ1n) is 19.7. The third kappa shape index (κ3) is 5.87. The number of hydrogen-bond donors (Lipinski definition) is 0. The van der Waals surface area contributed by atoms with E-state index in [-0.39, 0.29) is 11.8 Å². The summed E-state index contributed by atoms with van der Waals surface area (Å²) in [6.45, 7) is 9.14. The van der Waals surface area contributed by atoms with E-state index < -0.39 is 0 Å². The second kappa shape index (κ2) is 13.7. The van der Waals surface area contributed by atoms with E-state index in [4.69, 9.17) is 14.1 Å². The van der Waals surface area contributed by atoms with E-state index in [9.17, 15) is 0 Å². The van der Waals surface area contributed by atoms with E-state index in [0.717, 1.165) is 61.1 Å². The molecule has 0 saturated carbocycles. The van der Waals surface area contributed by atoms with Crippen LogP contribution in [0, 0.1) is 6.33 Å². The third-order valence-corrected chi connectivity index (χ3v) is 11.0. The van der Waals surface area contributed by atoms with Gasteiger partial charge in [-0.15, -0.1) is 0 Å². The molecule has 0 spiro atoms. The molecular weight excluding hydrogens is 701 g/mol. The van der Waals surface area contributed by atoms with Crippen LogP contribution in [-0.4, -0.2) is 14.1 Å². The summed E-state index contributed by atoms with van der Waals surface area (Å²) in [7, 11) is 2.01. The van der Waals surface area contributed by atoms with Crippen LogP contribution in [0.25, 0.3) is 77.9 Å². The number of ether oxygens (including phenoxy) is 1. The van der Waals surface area contributed by atoms with Crippen molar-refractivity contribution in [2.75, 3.05) is 0 Å². The van der Waals surface area contributed by atoms with E-state index in [2.05, 4.69) is 152 Å². The fourth-order valence-corrected chi connectivity index (χ4v) is 8.28. The van der Waals surface area contributed by atoms with Crippen molar-refractivity contribution < 1.29 is 13.7 Å². The Hall–Kier alpha value is -6.92. The van der Waals surface area contributed by atoms with Gasteiger partial charge in [-0.05, 0) is 88.7 Å². The molecule has 0 saturated heterocycles. The Morgan fingerprint density at radius 3 is 2.09 bits per heavy atom. The van der Waals surface area contributed by atoms with Crippen LogP contribution in [0.2, 0.25) is 0 Å². The Balaban J connectivity index is 1.14. The highest BCUT2D eigenvalue weighted by Gasteiger charge is 2.24. The number of furan rings is 1. The van der Waals surface area contributed by atoms with Gasteiger partial charge in [0.25, 0.3) is 0 Å². The summed E-state index contributed by atoms with van der Waals surface area (Å²) in [6.07, 6.45) is 3.51. The van der Waals surface area contributed by atoms with E-state index in [1.165, 1.54) is 27.9 Å². The number of para-hydroxylation sites is 5. The molecule has 0 unspecified atom stereocenters. The topological polar surface area (TPSA) is 49.0 Å². The summed E-state index contributed by atoms with van der Waals surface area (Å²) in [5, 5.41) is 2.01. The molecule has 3 aromatic heterocycles. The van der Waals surface area contributed by atoms with Gasteiger partial charge in [0.2, 0.25) is 6.33 Å². The second-order valence-corrected chi connectivity index (χ2v) is 15.5. The van der Waals surface area contributed by atoms with Gasteiger partial charge in [0, 0.05) is 16.3 Å². The van der Waals surface area contributed by atoms with E-state index in [0.29, 0.717) is 11.5 Å². The lowest BCUT2D eigenvalue weighted by molar-refractivity contribution is -0.571. The first-order valence-corrected chi connectivity index (χ1v) is 19.7. The van der Waals surface area contributed by atoms with Gasteiger partial charge in [-0.2, -0.15) is 0 Å². The number of benzene rings is 7. The summed E-state index contributed by atoms with van der Waals surface area (Å²) in [5.74, 6) is 2.82. The lowest BCUT2D eigenvalue weighted by Crippen LogP contribution is -2.29. The van der Waals surface area contributed by atoms with Crippen LogP contribution in [0.3, 0.4) is 0 Å². The first-order chi connectivity index (χ1) is 27.8. The molecule has 0 N–H and O–H groups in total. The first kappa shape index (κ1) is 34.6. The highest BCUT2D eigenvalue weighted by Crippen LogP contribution is 2.41. The summed E-state index contributed by atoms with van der Waals surface area (Å²) in [5.41, 5.74) is 13.8. The molecule has 57 heavy (non-hydrogen) atoms. The van der Waals surface area contributed by atoms with Gasteiger partial charge in [-0.25, -0.2) is 4.98 Å². The van der Waals surface area contributed by atoms with Crippen LogP contribution < -0.4 is 9.30 Å². The van der Waals surface area contributed by atoms with Crippen LogP contribution in [0.4, 0.5) is 0 Å². The number of hydrogen-bond acceptors (Lipinski definition) is 3. The van der Waals surface area contributed by atoms with Crippen LogP contribution in [0.5, 0.6) is 11.5 Å². The summed E-state index contributed by atoms with van der Waals surface area (Å²) in [6, 6.07) is 52.8. The summed E-state index contributed by atoms with van der Waals surface area (Å²) in [4.78, 5) is 5.33. The zero-order valence-electron chi connectivity index (χ0n) is 32.7. The van der Waals surface area contributed by atoms with Crippen LogP contribution in [-0.2, 0) is 7.05 Å². The Bertz CT molecular complexity index is 3100. The van der Waals surface area contributed by atoms with Crippen molar-refractivity contribution in [1.82, 2.24) is 14.1 Å². The quantitative estimate of drug-likeness (QED) is 0.115. The van der Waals surface area contributed by atoms with Gasteiger partial charge in [0.05, 0.1) is 40.5 Å². The minimum absolute atomic E-state index is 0.268. The molecule has 10 aromatic rings. The van der Waals surface area contributed by atoms with Crippen LogP contribution in [0.15, 0.2) is 156 Å². The number of aromatic nitrogens is 4. The van der Waals surface area contributed by atoms with E-state index in [1.54, 1.807) is 0 Å². The minimum atomic E-state index is 0.268. The Kier molecular flexibility index (Phi) is 8.29. The molecule has 0 radical (unpaired) electrons. The second-order valence-electron chi connectivity index (χ2n) is 15.5. The van der Waals surface area contributed by atoms with E-state index >= 15 is 0 Å². The molecule has 0 bridgehead atoms. The molecule has 0 aliphatic carbocycles. The molecule has 6 nitrogen and oxygen atoms in total. The Morgan fingerprint density at radius 2 is 1.30 bits per heavy atom. The predicted molar refractivity (Wildman–Crippen MR) is 231 cm³/mol. The molecule has 7 aromatic carbocycles. The average Bonchev–Trinajstić information content (AvgIpc) is 3.92. The number of nitrogens with zero attached hydrogens (tertiary/aromatic N) is 4. The average molecular weight is 743 g/mol. The van der Waals surface area contributed by atoms with Gasteiger partial charge in [-0.3, -0.25) is 4.57 Å². The highest BCUT2D eigenvalue weighted by atomic mass is 16.5. The maximum Gasteiger partial charge on any atom is 0.244 e. The van der Waals surface area contributed by atoms with Crippen molar-refractivity contribution in [3.8, 4) is 45.4 Å². The Labute approximate surface area is 331 Å². The molecule has 3 heterocycles. The summed E-state index contributed by atoms with van der Waals surface area (Å²) < 4.78 is 19.8. The molecule has 0 atom stereocenters. The molecule has 0 fully saturated rings. The number of imidazole rings is 2. The van der Waals surface area contributed by atoms with Crippen LogP contribution >= 0.6 is 0 Å². The molecular formula is C51H42N4O2. The highest BCUT2D eigenvalue weighted by molar-refractivity contribution is 6.07. The normalized spacial score (nSPS) is 11.9. The van der Waals surface area contributed by atoms with E-state index in [1.807, 2.05) is 54.1 Å². The molecule has 10 rings (SSSR count). The molecule has 0 aliphatic rings. The van der Waals surface area contributed by atoms with Gasteiger partial charge in [-0.1, -0.05) is 125 Å². The smallest absolute Gasteiger partial charge is 0.244 e. The largest absolute Gasteiger partial charge is 0.462 e. The van der Waals surface area contributed by atoms with Gasteiger partial charge in [0.1, 0.15) is 28.5 Å². The monoisotopic (exact) mass is 742 g/mol. The van der Waals surface area contributed by atoms with Crippen molar-refractivity contribution in [3.63, 3.8) is 0 Å². The SMILES string of the molecule is CC(C)c1cc(-c2ccccc2)cc(C(C)C)c1-n1c(-c2cccc(Oc3cc(-[n+]4[c-]n(C)c5ccccc54)c4oc5ccccc5c4c3)c2)nc2ccccc21. The maximum atomic E-state index is 6.84. The van der Waals surface area contributed by atoms with Crippen LogP contribution in [0.1, 0.15) is 50.7 Å². The zero-order valence-corrected chi connectivity index (χ0v) is 32.7. The lowest BCUT2D eigenvalue weighted by atomic mass is 9.88. The number of aryl methyl sites for hydroxylation is 1. The van der Waals surface area contributed by atoms with Crippen molar-refractivity contribution in [2.24, 2.45) is 7.05 Å². The lowest BCUT2D eigenvalue weighted by Gasteiger charge is -2.24.